The van der Waals surface area contributed by atoms with E-state index in [-0.39, 0.29) is 25.6 Å². The van der Waals surface area contributed by atoms with Crippen molar-refractivity contribution in [2.75, 3.05) is 6.61 Å². The molecular weight excluding hydrogens is 686 g/mol. The molecule has 0 saturated heterocycles. The number of hydrogen-bond donors (Lipinski definition) is 5. The summed E-state index contributed by atoms with van der Waals surface area (Å²) >= 11 is 0. The van der Waals surface area contributed by atoms with Crippen LogP contribution in [0.4, 0.5) is 18.4 Å². The number of alkyl carbamates (subject to hydrolysis) is 2. The smallest absolute Gasteiger partial charge is 0.408 e. The van der Waals surface area contributed by atoms with Crippen molar-refractivity contribution in [1.82, 2.24) is 21.3 Å². The molecule has 4 amide bonds. The molecule has 0 aromatic heterocycles. The lowest BCUT2D eigenvalue weighted by Gasteiger charge is -2.37. The number of carbonyl (C=O) groups excluding carboxylic acids is 4. The number of halogens is 2. The van der Waals surface area contributed by atoms with Crippen molar-refractivity contribution in [3.8, 4) is 0 Å². The molecule has 3 unspecified atom stereocenters. The van der Waals surface area contributed by atoms with Gasteiger partial charge in [-0.25, -0.2) is 18.4 Å². The maximum absolute atomic E-state index is 16.5. The standard InChI is InChI=1S/C40H58F2N4O7/c1-26(2)33(44-38(50)52-24-30-17-11-7-12-18-30)36(48)43-32(21-29-15-9-6-10-16-29)22-40(41,42)35(28(5)23-47)46-37(49)34(27(3)4)45-39(51)53-25-31-19-13-8-14-20-31/h7-8,11-14,17-20,26-29,32-35,47H,6,9-10,15-16,21-25H2,1-5H3,(H,43,48)(H,44,50)(H,45,51)(H,46,49)/t28?,32?,33-,34-,35?/m0/s1. The topological polar surface area (TPSA) is 155 Å². The van der Waals surface area contributed by atoms with Gasteiger partial charge in [0.05, 0.1) is 6.04 Å². The van der Waals surface area contributed by atoms with Crippen molar-refractivity contribution < 1.29 is 42.5 Å². The van der Waals surface area contributed by atoms with Gasteiger partial charge in [0.25, 0.3) is 5.92 Å². The van der Waals surface area contributed by atoms with Crippen LogP contribution in [0.5, 0.6) is 0 Å². The predicted molar refractivity (Wildman–Crippen MR) is 198 cm³/mol. The van der Waals surface area contributed by atoms with Gasteiger partial charge < -0.3 is 35.8 Å². The lowest BCUT2D eigenvalue weighted by atomic mass is 9.82. The molecule has 1 fully saturated rings. The first-order chi connectivity index (χ1) is 25.2. The number of amides is 4. The number of alkyl halides is 2. The molecule has 13 heteroatoms. The van der Waals surface area contributed by atoms with Crippen LogP contribution in [0.25, 0.3) is 0 Å². The Kier molecular flexibility index (Phi) is 17.5. The largest absolute Gasteiger partial charge is 0.445 e. The van der Waals surface area contributed by atoms with E-state index in [0.717, 1.165) is 43.2 Å². The maximum atomic E-state index is 16.5. The third-order valence-electron chi connectivity index (χ3n) is 9.69. The monoisotopic (exact) mass is 744 g/mol. The number of carbonyl (C=O) groups is 4. The summed E-state index contributed by atoms with van der Waals surface area (Å²) in [7, 11) is 0. The summed E-state index contributed by atoms with van der Waals surface area (Å²) < 4.78 is 43.6. The SMILES string of the molecule is CC(CO)C(NC(=O)[C@@H](NC(=O)OCc1ccccc1)C(C)C)C(F)(F)CC(CC1CCCCC1)NC(=O)[C@@H](NC(=O)OCc1ccccc1)C(C)C. The molecule has 1 aliphatic rings. The van der Waals surface area contributed by atoms with E-state index in [1.54, 1.807) is 64.1 Å². The third-order valence-corrected chi connectivity index (χ3v) is 9.69. The molecule has 0 aliphatic heterocycles. The van der Waals surface area contributed by atoms with Crippen LogP contribution < -0.4 is 21.3 Å². The summed E-state index contributed by atoms with van der Waals surface area (Å²) in [5.74, 6) is -6.94. The van der Waals surface area contributed by atoms with E-state index < -0.39 is 84.9 Å². The zero-order valence-corrected chi connectivity index (χ0v) is 31.6. The number of rotatable bonds is 19. The molecule has 2 aromatic carbocycles. The lowest BCUT2D eigenvalue weighted by Crippen LogP contribution is -2.60. The third kappa shape index (κ3) is 14.6. The summed E-state index contributed by atoms with van der Waals surface area (Å²) in [5, 5.41) is 20.3. The molecule has 294 valence electrons. The van der Waals surface area contributed by atoms with E-state index in [1.807, 2.05) is 24.3 Å². The fourth-order valence-corrected chi connectivity index (χ4v) is 6.63. The minimum atomic E-state index is -3.60. The first-order valence-corrected chi connectivity index (χ1v) is 18.7. The molecule has 1 saturated carbocycles. The quantitative estimate of drug-likeness (QED) is 0.110. The van der Waals surface area contributed by atoms with Gasteiger partial charge in [-0.1, -0.05) is 127 Å². The van der Waals surface area contributed by atoms with Crippen LogP contribution in [0.2, 0.25) is 0 Å². The van der Waals surface area contributed by atoms with Crippen molar-refractivity contribution in [3.63, 3.8) is 0 Å². The number of hydrogen-bond acceptors (Lipinski definition) is 7. The van der Waals surface area contributed by atoms with Gasteiger partial charge in [0.1, 0.15) is 25.3 Å². The van der Waals surface area contributed by atoms with E-state index in [1.165, 1.54) is 6.92 Å². The number of aliphatic hydroxyl groups excluding tert-OH is 1. The van der Waals surface area contributed by atoms with E-state index in [2.05, 4.69) is 21.3 Å². The van der Waals surface area contributed by atoms with Gasteiger partial charge in [0, 0.05) is 25.0 Å². The van der Waals surface area contributed by atoms with Gasteiger partial charge in [-0.2, -0.15) is 0 Å². The lowest BCUT2D eigenvalue weighted by molar-refractivity contribution is -0.133. The maximum Gasteiger partial charge on any atom is 0.408 e. The highest BCUT2D eigenvalue weighted by atomic mass is 19.3. The number of ether oxygens (including phenoxy) is 2. The summed E-state index contributed by atoms with van der Waals surface area (Å²) in [6.45, 7) is 7.50. The summed E-state index contributed by atoms with van der Waals surface area (Å²) in [6, 6.07) is 12.9. The highest BCUT2D eigenvalue weighted by Gasteiger charge is 2.47. The molecule has 0 spiro atoms. The fourth-order valence-electron chi connectivity index (χ4n) is 6.63. The minimum Gasteiger partial charge on any atom is -0.445 e. The molecule has 0 heterocycles. The summed E-state index contributed by atoms with van der Waals surface area (Å²) in [4.78, 5) is 52.6. The number of aliphatic hydroxyl groups is 1. The Morgan fingerprint density at radius 2 is 1.17 bits per heavy atom. The Morgan fingerprint density at radius 3 is 1.60 bits per heavy atom. The van der Waals surface area contributed by atoms with E-state index in [4.69, 9.17) is 9.47 Å². The zero-order valence-electron chi connectivity index (χ0n) is 31.6. The van der Waals surface area contributed by atoms with Crippen LogP contribution in [-0.2, 0) is 32.3 Å². The van der Waals surface area contributed by atoms with Gasteiger partial charge in [0.15, 0.2) is 0 Å². The second kappa shape index (κ2) is 21.4. The minimum absolute atomic E-state index is 0.00611. The number of benzene rings is 2. The Morgan fingerprint density at radius 1 is 0.717 bits per heavy atom. The van der Waals surface area contributed by atoms with Crippen LogP contribution in [0.3, 0.4) is 0 Å². The fraction of sp³-hybridized carbons (Fsp3) is 0.600. The molecule has 0 radical (unpaired) electrons. The molecule has 2 aromatic rings. The van der Waals surface area contributed by atoms with Crippen LogP contribution in [-0.4, -0.2) is 65.8 Å². The van der Waals surface area contributed by atoms with Crippen molar-refractivity contribution in [3.05, 3.63) is 71.8 Å². The van der Waals surface area contributed by atoms with Gasteiger partial charge in [-0.05, 0) is 35.3 Å². The Hall–Kier alpha value is -4.26. The van der Waals surface area contributed by atoms with Crippen molar-refractivity contribution in [2.24, 2.45) is 23.7 Å². The first-order valence-electron chi connectivity index (χ1n) is 18.7. The summed E-state index contributed by atoms with van der Waals surface area (Å²) in [6.07, 6.45) is 2.42. The molecule has 3 rings (SSSR count). The Balaban J connectivity index is 1.75. The van der Waals surface area contributed by atoms with E-state index in [9.17, 15) is 24.3 Å². The summed E-state index contributed by atoms with van der Waals surface area (Å²) in [5.41, 5.74) is 1.50. The van der Waals surface area contributed by atoms with Crippen LogP contribution in [0, 0.1) is 23.7 Å². The van der Waals surface area contributed by atoms with Crippen molar-refractivity contribution in [1.29, 1.82) is 0 Å². The Labute approximate surface area is 312 Å². The van der Waals surface area contributed by atoms with Gasteiger partial charge in [0.2, 0.25) is 11.8 Å². The first kappa shape index (κ1) is 43.1. The second-order valence-electron chi connectivity index (χ2n) is 14.9. The average molecular weight is 745 g/mol. The second-order valence-corrected chi connectivity index (χ2v) is 14.9. The zero-order chi connectivity index (χ0) is 39.0. The Bertz CT molecular complexity index is 1420. The number of nitrogens with one attached hydrogen (secondary N) is 4. The van der Waals surface area contributed by atoms with Crippen molar-refractivity contribution in [2.45, 2.75) is 123 Å². The molecular formula is C40H58F2N4O7. The van der Waals surface area contributed by atoms with E-state index in [0.29, 0.717) is 0 Å². The van der Waals surface area contributed by atoms with Gasteiger partial charge in [-0.15, -0.1) is 0 Å². The predicted octanol–water partition coefficient (Wildman–Crippen LogP) is 6.48. The average Bonchev–Trinajstić information content (AvgIpc) is 3.13. The molecule has 11 nitrogen and oxygen atoms in total. The van der Waals surface area contributed by atoms with Crippen molar-refractivity contribution >= 4 is 24.0 Å². The molecule has 53 heavy (non-hydrogen) atoms. The highest BCUT2D eigenvalue weighted by molar-refractivity contribution is 5.87. The molecule has 1 aliphatic carbocycles. The van der Waals surface area contributed by atoms with Crippen LogP contribution in [0.15, 0.2) is 60.7 Å². The molecule has 5 atom stereocenters. The van der Waals surface area contributed by atoms with Crippen LogP contribution in [0.1, 0.15) is 90.7 Å². The highest BCUT2D eigenvalue weighted by Crippen LogP contribution is 2.34. The molecule has 5 N–H and O–H groups in total. The van der Waals surface area contributed by atoms with Crippen LogP contribution >= 0.6 is 0 Å². The van der Waals surface area contributed by atoms with Gasteiger partial charge in [-0.3, -0.25) is 9.59 Å². The van der Waals surface area contributed by atoms with Gasteiger partial charge >= 0.3 is 12.2 Å². The molecule has 0 bridgehead atoms. The van der Waals surface area contributed by atoms with E-state index >= 15 is 8.78 Å². The normalized spacial score (nSPS) is 16.5.